The van der Waals surface area contributed by atoms with E-state index >= 15 is 0 Å². The highest BCUT2D eigenvalue weighted by molar-refractivity contribution is 5.79. The van der Waals surface area contributed by atoms with Crippen LogP contribution in [-0.4, -0.2) is 12.1 Å². The number of carbonyl (C=O) groups excluding carboxylic acids is 2. The predicted molar refractivity (Wildman–Crippen MR) is 100 cm³/mol. The molecule has 4 saturated carbocycles. The fraction of sp³-hybridized carbons (Fsp3) is 0.913. The van der Waals surface area contributed by atoms with Crippen molar-refractivity contribution in [2.24, 2.45) is 46.3 Å². The Hall–Kier alpha value is -0.660. The highest BCUT2D eigenvalue weighted by Gasteiger charge is 2.60. The van der Waals surface area contributed by atoms with Crippen LogP contribution in [0.15, 0.2) is 0 Å². The molecule has 4 aliphatic carbocycles. The Balaban J connectivity index is 1.58. The van der Waals surface area contributed by atoms with Crippen LogP contribution in [0.5, 0.6) is 0 Å². The summed E-state index contributed by atoms with van der Waals surface area (Å²) in [4.78, 5) is 23.1. The van der Waals surface area contributed by atoms with Gasteiger partial charge in [-0.3, -0.25) is 4.79 Å². The summed E-state index contributed by atoms with van der Waals surface area (Å²) in [5.74, 6) is 5.04. The summed E-state index contributed by atoms with van der Waals surface area (Å²) in [6.07, 6.45) is 12.8. The van der Waals surface area contributed by atoms with E-state index in [0.29, 0.717) is 28.4 Å². The van der Waals surface area contributed by atoms with Crippen molar-refractivity contribution in [2.45, 2.75) is 85.0 Å². The molecule has 0 aromatic rings. The minimum atomic E-state index is 0.421. The standard InChI is InChI=1S/C23H36O2/c1-15(10-13-24)19-6-7-20-18-5-4-16-14-17(25)8-11-22(16,2)21(18)9-12-23(19,20)3/h13,15-16,18-21H,4-12,14H2,1-3H3/t15?,16?,18-,19?,20-,21+,22-,23+/m0/s1. The second-order valence-corrected chi connectivity index (χ2v) is 10.5. The first-order valence-corrected chi connectivity index (χ1v) is 10.9. The summed E-state index contributed by atoms with van der Waals surface area (Å²) < 4.78 is 0. The van der Waals surface area contributed by atoms with E-state index < -0.39 is 0 Å². The van der Waals surface area contributed by atoms with Crippen LogP contribution < -0.4 is 0 Å². The van der Waals surface area contributed by atoms with Gasteiger partial charge in [-0.1, -0.05) is 20.8 Å². The lowest BCUT2D eigenvalue weighted by Crippen LogP contribution is -2.53. The van der Waals surface area contributed by atoms with Crippen molar-refractivity contribution >= 4 is 12.1 Å². The molecule has 0 N–H and O–H groups in total. The number of Topliss-reactive ketones (excluding diaryl/α,β-unsaturated/α-hetero) is 1. The first-order chi connectivity index (χ1) is 11.9. The van der Waals surface area contributed by atoms with Gasteiger partial charge < -0.3 is 4.79 Å². The van der Waals surface area contributed by atoms with E-state index in [2.05, 4.69) is 20.8 Å². The Morgan fingerprint density at radius 3 is 2.56 bits per heavy atom. The molecule has 0 bridgehead atoms. The largest absolute Gasteiger partial charge is 0.303 e. The highest BCUT2D eigenvalue weighted by Crippen LogP contribution is 2.68. The van der Waals surface area contributed by atoms with E-state index in [1.165, 1.54) is 38.5 Å². The Morgan fingerprint density at radius 2 is 1.80 bits per heavy atom. The number of carbonyl (C=O) groups is 2. The van der Waals surface area contributed by atoms with Crippen molar-refractivity contribution in [2.75, 3.05) is 0 Å². The minimum Gasteiger partial charge on any atom is -0.303 e. The zero-order chi connectivity index (χ0) is 17.8. The van der Waals surface area contributed by atoms with Crippen LogP contribution in [0.2, 0.25) is 0 Å². The molecule has 4 fully saturated rings. The smallest absolute Gasteiger partial charge is 0.133 e. The summed E-state index contributed by atoms with van der Waals surface area (Å²) in [7, 11) is 0. The molecule has 0 aliphatic heterocycles. The van der Waals surface area contributed by atoms with Crippen LogP contribution in [0.4, 0.5) is 0 Å². The summed E-state index contributed by atoms with van der Waals surface area (Å²) in [5.41, 5.74) is 0.877. The Labute approximate surface area is 153 Å². The van der Waals surface area contributed by atoms with Crippen LogP contribution in [0.25, 0.3) is 0 Å². The summed E-state index contributed by atoms with van der Waals surface area (Å²) in [6.45, 7) is 7.40. The first kappa shape index (κ1) is 17.7. The first-order valence-electron chi connectivity index (χ1n) is 10.9. The van der Waals surface area contributed by atoms with E-state index in [4.69, 9.17) is 0 Å². The van der Waals surface area contributed by atoms with Gasteiger partial charge in [0.2, 0.25) is 0 Å². The minimum absolute atomic E-state index is 0.421. The van der Waals surface area contributed by atoms with E-state index in [1.54, 1.807) is 0 Å². The maximum atomic E-state index is 12.0. The van der Waals surface area contributed by atoms with Crippen molar-refractivity contribution in [3.8, 4) is 0 Å². The van der Waals surface area contributed by atoms with Gasteiger partial charge in [0, 0.05) is 19.3 Å². The van der Waals surface area contributed by atoms with Crippen molar-refractivity contribution in [3.05, 3.63) is 0 Å². The van der Waals surface area contributed by atoms with Gasteiger partial charge in [-0.2, -0.15) is 0 Å². The maximum Gasteiger partial charge on any atom is 0.133 e. The third kappa shape index (κ3) is 2.57. The van der Waals surface area contributed by atoms with Crippen LogP contribution in [0.1, 0.15) is 85.0 Å². The summed E-state index contributed by atoms with van der Waals surface area (Å²) in [6, 6.07) is 0. The SMILES string of the molecule is CC(CC=O)C1CC[C@H]2[C@@H]3CCC4CC(=O)CC[C@]4(C)[C@@H]3CC[C@]12C. The topological polar surface area (TPSA) is 34.1 Å². The molecule has 0 heterocycles. The molecule has 140 valence electrons. The fourth-order valence-corrected chi connectivity index (χ4v) is 8.34. The average molecular weight is 345 g/mol. The van der Waals surface area contributed by atoms with E-state index in [9.17, 15) is 9.59 Å². The molecule has 4 rings (SSSR count). The molecule has 4 aliphatic rings. The van der Waals surface area contributed by atoms with Gasteiger partial charge >= 0.3 is 0 Å². The van der Waals surface area contributed by atoms with Crippen molar-refractivity contribution in [3.63, 3.8) is 0 Å². The highest BCUT2D eigenvalue weighted by atomic mass is 16.1. The van der Waals surface area contributed by atoms with Crippen LogP contribution >= 0.6 is 0 Å². The third-order valence-corrected chi connectivity index (χ3v) is 9.71. The molecular weight excluding hydrogens is 308 g/mol. The summed E-state index contributed by atoms with van der Waals surface area (Å²) in [5, 5.41) is 0. The molecule has 0 amide bonds. The van der Waals surface area contributed by atoms with E-state index in [-0.39, 0.29) is 0 Å². The maximum absolute atomic E-state index is 12.0. The molecule has 2 heteroatoms. The lowest BCUT2D eigenvalue weighted by molar-refractivity contribution is -0.140. The van der Waals surface area contributed by atoms with Crippen LogP contribution in [0.3, 0.4) is 0 Å². The number of hydrogen-bond donors (Lipinski definition) is 0. The van der Waals surface area contributed by atoms with Crippen LogP contribution in [-0.2, 0) is 9.59 Å². The second kappa shape index (κ2) is 6.20. The molecule has 0 saturated heterocycles. The molecule has 8 atom stereocenters. The lowest BCUT2D eigenvalue weighted by Gasteiger charge is -2.60. The van der Waals surface area contributed by atoms with Crippen molar-refractivity contribution < 1.29 is 9.59 Å². The molecule has 0 aromatic heterocycles. The number of ketones is 1. The number of aldehydes is 1. The normalized spacial score (nSPS) is 50.5. The molecule has 0 spiro atoms. The van der Waals surface area contributed by atoms with Gasteiger partial charge in [0.1, 0.15) is 12.1 Å². The molecular formula is C23H36O2. The molecule has 0 aromatic carbocycles. The lowest BCUT2D eigenvalue weighted by atomic mass is 9.44. The second-order valence-electron chi connectivity index (χ2n) is 10.5. The van der Waals surface area contributed by atoms with Gasteiger partial charge in [0.05, 0.1) is 0 Å². The van der Waals surface area contributed by atoms with Crippen molar-refractivity contribution in [1.82, 2.24) is 0 Å². The quantitative estimate of drug-likeness (QED) is 0.639. The monoisotopic (exact) mass is 344 g/mol. The van der Waals surface area contributed by atoms with Crippen LogP contribution in [0, 0.1) is 46.3 Å². The summed E-state index contributed by atoms with van der Waals surface area (Å²) >= 11 is 0. The molecule has 3 unspecified atom stereocenters. The van der Waals surface area contributed by atoms with Gasteiger partial charge in [-0.25, -0.2) is 0 Å². The zero-order valence-corrected chi connectivity index (χ0v) is 16.4. The predicted octanol–water partition coefficient (Wildman–Crippen LogP) is 5.44. The van der Waals surface area contributed by atoms with E-state index in [0.717, 1.165) is 55.6 Å². The Bertz CT molecular complexity index is 554. The third-order valence-electron chi connectivity index (χ3n) is 9.71. The number of fused-ring (bicyclic) bond motifs is 5. The number of rotatable bonds is 3. The van der Waals surface area contributed by atoms with E-state index in [1.807, 2.05) is 0 Å². The Morgan fingerprint density at radius 1 is 1.04 bits per heavy atom. The zero-order valence-electron chi connectivity index (χ0n) is 16.4. The Kier molecular flexibility index (Phi) is 4.40. The molecule has 2 nitrogen and oxygen atoms in total. The van der Waals surface area contributed by atoms with Gasteiger partial charge in [-0.15, -0.1) is 0 Å². The molecule has 0 radical (unpaired) electrons. The van der Waals surface area contributed by atoms with Gasteiger partial charge in [0.15, 0.2) is 0 Å². The average Bonchev–Trinajstić information content (AvgIpc) is 2.93. The van der Waals surface area contributed by atoms with Gasteiger partial charge in [0.25, 0.3) is 0 Å². The van der Waals surface area contributed by atoms with Gasteiger partial charge in [-0.05, 0) is 91.3 Å². The molecule has 25 heavy (non-hydrogen) atoms. The fourth-order valence-electron chi connectivity index (χ4n) is 8.34. The number of hydrogen-bond acceptors (Lipinski definition) is 2. The van der Waals surface area contributed by atoms with Crippen molar-refractivity contribution in [1.29, 1.82) is 0 Å².